The van der Waals surface area contributed by atoms with Crippen molar-refractivity contribution in [3.63, 3.8) is 0 Å². The van der Waals surface area contributed by atoms with Gasteiger partial charge in [0.1, 0.15) is 5.76 Å². The molecule has 178 valence electrons. The Morgan fingerprint density at radius 1 is 0.889 bits per heavy atom. The minimum absolute atomic E-state index is 0.000662. The van der Waals surface area contributed by atoms with E-state index >= 15 is 0 Å². The molecule has 2 heterocycles. The van der Waals surface area contributed by atoms with Crippen LogP contribution in [0.15, 0.2) is 113 Å². The second-order valence-corrected chi connectivity index (χ2v) is 9.51. The van der Waals surface area contributed by atoms with Gasteiger partial charge in [-0.1, -0.05) is 54.1 Å². The summed E-state index contributed by atoms with van der Waals surface area (Å²) in [6, 6.07) is 27.5. The normalized spacial score (nSPS) is 19.2. The molecule has 6 rings (SSSR count). The first-order chi connectivity index (χ1) is 17.6. The van der Waals surface area contributed by atoms with Gasteiger partial charge in [-0.25, -0.2) is 0 Å². The smallest absolute Gasteiger partial charge is 0.259 e. The highest BCUT2D eigenvalue weighted by Gasteiger charge is 2.42. The molecule has 3 aromatic carbocycles. The molecule has 1 N–H and O–H groups in total. The fourth-order valence-corrected chi connectivity index (χ4v) is 5.35. The number of hydrogen-bond acceptors (Lipinski definition) is 4. The maximum atomic E-state index is 14.1. The maximum Gasteiger partial charge on any atom is 0.259 e. The monoisotopic (exact) mass is 494 g/mol. The molecule has 2 aliphatic rings. The van der Waals surface area contributed by atoms with Crippen LogP contribution < -0.4 is 10.2 Å². The summed E-state index contributed by atoms with van der Waals surface area (Å²) in [7, 11) is 0. The average molecular weight is 495 g/mol. The van der Waals surface area contributed by atoms with Crippen molar-refractivity contribution >= 4 is 34.7 Å². The molecule has 4 aromatic rings. The molecule has 1 aliphatic carbocycles. The van der Waals surface area contributed by atoms with Crippen molar-refractivity contribution in [1.29, 1.82) is 0 Å². The van der Waals surface area contributed by atoms with Crippen molar-refractivity contribution in [2.24, 2.45) is 0 Å². The van der Waals surface area contributed by atoms with Gasteiger partial charge in [-0.2, -0.15) is 0 Å². The summed E-state index contributed by atoms with van der Waals surface area (Å²) in [5, 5.41) is 4.09. The molecular weight excluding hydrogens is 472 g/mol. The molecule has 1 aliphatic heterocycles. The van der Waals surface area contributed by atoms with Gasteiger partial charge in [0.2, 0.25) is 0 Å². The quantitative estimate of drug-likeness (QED) is 0.328. The van der Waals surface area contributed by atoms with E-state index in [0.717, 1.165) is 22.7 Å². The molecule has 0 radical (unpaired) electrons. The lowest BCUT2D eigenvalue weighted by atomic mass is 9.80. The Labute approximate surface area is 214 Å². The van der Waals surface area contributed by atoms with E-state index in [1.807, 2.05) is 66.7 Å². The zero-order chi connectivity index (χ0) is 24.6. The summed E-state index contributed by atoms with van der Waals surface area (Å²) in [4.78, 5) is 29.8. The number of carbonyl (C=O) groups excluding carboxylic acids is 2. The number of furan rings is 1. The molecule has 1 amide bonds. The molecular formula is C30H23ClN2O3. The SMILES string of the molecule is O=C1CC(c2ccco2)CC2=C1C(c1ccccc1)N(C(=O)c1ccc(Cl)cc1)c1ccccc1N2. The molecule has 5 nitrogen and oxygen atoms in total. The number of carbonyl (C=O) groups is 2. The average Bonchev–Trinajstić information content (AvgIpc) is 3.39. The van der Waals surface area contributed by atoms with Crippen LogP contribution in [0.3, 0.4) is 0 Å². The van der Waals surface area contributed by atoms with Crippen LogP contribution in [-0.2, 0) is 4.79 Å². The molecule has 1 aromatic heterocycles. The number of halogens is 1. The largest absolute Gasteiger partial charge is 0.469 e. The molecule has 0 spiro atoms. The fraction of sp³-hybridized carbons (Fsp3) is 0.133. The summed E-state index contributed by atoms with van der Waals surface area (Å²) in [6.45, 7) is 0. The number of anilines is 2. The van der Waals surface area contributed by atoms with Crippen molar-refractivity contribution in [3.8, 4) is 0 Å². The van der Waals surface area contributed by atoms with Crippen molar-refractivity contribution < 1.29 is 14.0 Å². The van der Waals surface area contributed by atoms with E-state index in [1.54, 1.807) is 35.4 Å². The molecule has 36 heavy (non-hydrogen) atoms. The lowest BCUT2D eigenvalue weighted by Gasteiger charge is -2.35. The molecule has 0 saturated carbocycles. The van der Waals surface area contributed by atoms with Crippen LogP contribution >= 0.6 is 11.6 Å². The lowest BCUT2D eigenvalue weighted by molar-refractivity contribution is -0.116. The first-order valence-electron chi connectivity index (χ1n) is 11.9. The van der Waals surface area contributed by atoms with Crippen molar-refractivity contribution in [1.82, 2.24) is 0 Å². The Bertz CT molecular complexity index is 1460. The number of Topliss-reactive ketones (excluding diaryl/α,β-unsaturated/α-hetero) is 1. The number of ketones is 1. The van der Waals surface area contributed by atoms with Crippen LogP contribution in [0.2, 0.25) is 5.02 Å². The van der Waals surface area contributed by atoms with Crippen molar-refractivity contribution in [3.05, 3.63) is 130 Å². The highest BCUT2D eigenvalue weighted by atomic mass is 35.5. The number of para-hydroxylation sites is 2. The minimum atomic E-state index is -0.592. The molecule has 6 heteroatoms. The zero-order valence-corrected chi connectivity index (χ0v) is 20.1. The Morgan fingerprint density at radius 3 is 2.39 bits per heavy atom. The van der Waals surface area contributed by atoms with Gasteiger partial charge in [0.15, 0.2) is 5.78 Å². The van der Waals surface area contributed by atoms with E-state index in [0.29, 0.717) is 34.7 Å². The highest BCUT2D eigenvalue weighted by Crippen LogP contribution is 2.47. The van der Waals surface area contributed by atoms with Gasteiger partial charge in [0.25, 0.3) is 5.91 Å². The first-order valence-corrected chi connectivity index (χ1v) is 12.3. The van der Waals surface area contributed by atoms with Gasteiger partial charge in [-0.3, -0.25) is 14.5 Å². The third-order valence-electron chi connectivity index (χ3n) is 6.86. The predicted octanol–water partition coefficient (Wildman–Crippen LogP) is 7.15. The minimum Gasteiger partial charge on any atom is -0.469 e. The van der Waals surface area contributed by atoms with Crippen molar-refractivity contribution in [2.75, 3.05) is 10.2 Å². The maximum absolute atomic E-state index is 14.1. The van der Waals surface area contributed by atoms with E-state index in [2.05, 4.69) is 5.32 Å². The van der Waals surface area contributed by atoms with E-state index in [4.69, 9.17) is 16.0 Å². The van der Waals surface area contributed by atoms with Crippen molar-refractivity contribution in [2.45, 2.75) is 24.8 Å². The van der Waals surface area contributed by atoms with Gasteiger partial charge in [-0.05, 0) is 60.5 Å². The second kappa shape index (κ2) is 9.17. The number of allylic oxidation sites excluding steroid dienone is 1. The summed E-state index contributed by atoms with van der Waals surface area (Å²) >= 11 is 6.11. The highest BCUT2D eigenvalue weighted by molar-refractivity contribution is 6.30. The summed E-state index contributed by atoms with van der Waals surface area (Å²) < 4.78 is 5.66. The van der Waals surface area contributed by atoms with E-state index in [9.17, 15) is 9.59 Å². The Balaban J connectivity index is 1.56. The van der Waals surface area contributed by atoms with Crippen LogP contribution in [0, 0.1) is 0 Å². The molecule has 2 atom stereocenters. The fourth-order valence-electron chi connectivity index (χ4n) is 5.22. The molecule has 0 fully saturated rings. The van der Waals surface area contributed by atoms with E-state index in [-0.39, 0.29) is 17.6 Å². The van der Waals surface area contributed by atoms with Gasteiger partial charge < -0.3 is 9.73 Å². The van der Waals surface area contributed by atoms with Crippen LogP contribution in [0.25, 0.3) is 0 Å². The number of benzene rings is 3. The number of nitrogens with zero attached hydrogens (tertiary/aromatic N) is 1. The molecule has 2 unspecified atom stereocenters. The van der Waals surface area contributed by atoms with Gasteiger partial charge in [-0.15, -0.1) is 0 Å². The predicted molar refractivity (Wildman–Crippen MR) is 140 cm³/mol. The number of amides is 1. The van der Waals surface area contributed by atoms with E-state index < -0.39 is 6.04 Å². The first kappa shape index (κ1) is 22.4. The van der Waals surface area contributed by atoms with Gasteiger partial charge >= 0.3 is 0 Å². The summed E-state index contributed by atoms with van der Waals surface area (Å²) in [5.41, 5.74) is 4.29. The third-order valence-corrected chi connectivity index (χ3v) is 7.11. The van der Waals surface area contributed by atoms with Gasteiger partial charge in [0, 0.05) is 34.2 Å². The second-order valence-electron chi connectivity index (χ2n) is 9.07. The lowest BCUT2D eigenvalue weighted by Crippen LogP contribution is -2.38. The Morgan fingerprint density at radius 2 is 1.64 bits per heavy atom. The third kappa shape index (κ3) is 3.91. The number of hydrogen-bond donors (Lipinski definition) is 1. The van der Waals surface area contributed by atoms with Crippen LogP contribution in [0.1, 0.15) is 46.5 Å². The summed E-state index contributed by atoms with van der Waals surface area (Å²) in [5.74, 6) is 0.519. The van der Waals surface area contributed by atoms with Gasteiger partial charge in [0.05, 0.1) is 23.7 Å². The molecule has 0 bridgehead atoms. The van der Waals surface area contributed by atoms with E-state index in [1.165, 1.54) is 0 Å². The topological polar surface area (TPSA) is 62.6 Å². The number of rotatable bonds is 3. The standard InChI is InChI=1S/C30H23ClN2O3/c31-22-14-12-20(13-15-22)30(35)33-25-10-5-4-9-23(25)32-24-17-21(27-11-6-16-36-27)18-26(34)28(24)29(33)19-7-2-1-3-8-19/h1-16,21,29,32H,17-18H2. The molecule has 0 saturated heterocycles. The Kier molecular flexibility index (Phi) is 5.70. The Hall–Kier alpha value is -4.09. The zero-order valence-electron chi connectivity index (χ0n) is 19.4. The van der Waals surface area contributed by atoms with Crippen LogP contribution in [0.5, 0.6) is 0 Å². The number of fused-ring (bicyclic) bond motifs is 1. The van der Waals surface area contributed by atoms with Crippen LogP contribution in [0.4, 0.5) is 11.4 Å². The van der Waals surface area contributed by atoms with Crippen LogP contribution in [-0.4, -0.2) is 11.7 Å². The summed E-state index contributed by atoms with van der Waals surface area (Å²) in [6.07, 6.45) is 2.56. The number of nitrogens with one attached hydrogen (secondary N) is 1.